The van der Waals surface area contributed by atoms with Gasteiger partial charge in [0, 0.05) is 11.8 Å². The Morgan fingerprint density at radius 1 is 1.33 bits per heavy atom. The molecule has 0 aliphatic carbocycles. The molecule has 0 saturated carbocycles. The smallest absolute Gasteiger partial charge is 0.404 e. The van der Waals surface area contributed by atoms with Crippen molar-refractivity contribution in [2.24, 2.45) is 5.73 Å². The number of ether oxygens (including phenoxy) is 1. The molecule has 0 fully saturated rings. The van der Waals surface area contributed by atoms with Gasteiger partial charge in [-0.1, -0.05) is 0 Å². The van der Waals surface area contributed by atoms with Gasteiger partial charge in [0.1, 0.15) is 10.6 Å². The fraction of sp³-hybridized carbons (Fsp3) is 0.222. The Balaban J connectivity index is 3.41. The number of benzene rings is 1. The molecule has 1 aromatic carbocycles. The minimum atomic E-state index is -5.07. The second kappa shape index (κ2) is 4.48. The van der Waals surface area contributed by atoms with Gasteiger partial charge in [0.05, 0.1) is 0 Å². The highest BCUT2D eigenvalue weighted by Gasteiger charge is 2.33. The Kier molecular flexibility index (Phi) is 3.56. The lowest BCUT2D eigenvalue weighted by Gasteiger charge is -2.12. The predicted octanol–water partition coefficient (Wildman–Crippen LogP) is 1.09. The third-order valence-electron chi connectivity index (χ3n) is 1.85. The van der Waals surface area contributed by atoms with Crippen molar-refractivity contribution < 1.29 is 31.1 Å². The fourth-order valence-electron chi connectivity index (χ4n) is 1.17. The van der Waals surface area contributed by atoms with Crippen molar-refractivity contribution >= 4 is 15.7 Å². The highest BCUT2D eigenvalue weighted by atomic mass is 32.2. The molecule has 100 valence electrons. The molecule has 2 N–H and O–H groups in total. The minimum absolute atomic E-state index is 0.290. The molecule has 0 heterocycles. The molecule has 1 rings (SSSR count). The molecule has 0 bridgehead atoms. The van der Waals surface area contributed by atoms with Crippen molar-refractivity contribution in [3.05, 3.63) is 23.8 Å². The van der Waals surface area contributed by atoms with Crippen LogP contribution in [0.5, 0.6) is 5.75 Å². The normalized spacial score (nSPS) is 12.2. The number of halogens is 3. The van der Waals surface area contributed by atoms with Crippen molar-refractivity contribution in [1.82, 2.24) is 0 Å². The van der Waals surface area contributed by atoms with Gasteiger partial charge in [-0.05, 0) is 18.2 Å². The van der Waals surface area contributed by atoms with Gasteiger partial charge in [-0.2, -0.15) is 0 Å². The second-order valence-electron chi connectivity index (χ2n) is 3.35. The first-order chi connectivity index (χ1) is 8.00. The molecule has 0 saturated heterocycles. The van der Waals surface area contributed by atoms with Crippen LogP contribution in [0.15, 0.2) is 23.1 Å². The summed E-state index contributed by atoms with van der Waals surface area (Å²) in [6.45, 7) is 0. The van der Waals surface area contributed by atoms with E-state index in [0.29, 0.717) is 6.07 Å². The van der Waals surface area contributed by atoms with E-state index in [1.807, 2.05) is 0 Å². The Morgan fingerprint density at radius 2 is 1.89 bits per heavy atom. The van der Waals surface area contributed by atoms with Crippen LogP contribution in [-0.2, 0) is 9.84 Å². The maximum atomic E-state index is 12.1. The summed E-state index contributed by atoms with van der Waals surface area (Å²) in [6, 6.07) is 2.46. The monoisotopic (exact) mass is 283 g/mol. The van der Waals surface area contributed by atoms with Gasteiger partial charge < -0.3 is 10.5 Å². The summed E-state index contributed by atoms with van der Waals surface area (Å²) < 4.78 is 62.4. The quantitative estimate of drug-likeness (QED) is 0.899. The number of hydrogen-bond acceptors (Lipinski definition) is 4. The van der Waals surface area contributed by atoms with E-state index in [1.54, 1.807) is 0 Å². The SMILES string of the molecule is CS(=O)(=O)c1ccc(C(N)=O)cc1OC(F)(F)F. The van der Waals surface area contributed by atoms with Crippen molar-refractivity contribution in [2.45, 2.75) is 11.3 Å². The number of alkyl halides is 3. The standard InChI is InChI=1S/C9H8F3NO4S/c1-18(15,16)7-3-2-5(8(13)14)4-6(7)17-9(10,11)12/h2-4H,1H3,(H2,13,14). The van der Waals surface area contributed by atoms with Gasteiger partial charge >= 0.3 is 6.36 Å². The largest absolute Gasteiger partial charge is 0.573 e. The van der Waals surface area contributed by atoms with Crippen LogP contribution in [0.1, 0.15) is 10.4 Å². The van der Waals surface area contributed by atoms with Crippen molar-refractivity contribution in [2.75, 3.05) is 6.26 Å². The second-order valence-corrected chi connectivity index (χ2v) is 5.33. The average molecular weight is 283 g/mol. The molecular formula is C9H8F3NO4S. The van der Waals surface area contributed by atoms with Crippen molar-refractivity contribution in [3.8, 4) is 5.75 Å². The zero-order valence-corrected chi connectivity index (χ0v) is 9.80. The fourth-order valence-corrected chi connectivity index (χ4v) is 1.95. The highest BCUT2D eigenvalue weighted by molar-refractivity contribution is 7.90. The van der Waals surface area contributed by atoms with Gasteiger partial charge in [-0.25, -0.2) is 8.42 Å². The maximum Gasteiger partial charge on any atom is 0.573 e. The molecule has 1 aromatic rings. The summed E-state index contributed by atoms with van der Waals surface area (Å²) in [6.07, 6.45) is -4.36. The number of carbonyl (C=O) groups is 1. The molecule has 18 heavy (non-hydrogen) atoms. The molecule has 0 atom stereocenters. The van der Waals surface area contributed by atoms with E-state index < -0.39 is 32.8 Å². The van der Waals surface area contributed by atoms with E-state index in [2.05, 4.69) is 4.74 Å². The third kappa shape index (κ3) is 3.62. The van der Waals surface area contributed by atoms with E-state index in [-0.39, 0.29) is 5.56 Å². The molecule has 1 amide bonds. The van der Waals surface area contributed by atoms with Crippen LogP contribution in [-0.4, -0.2) is 26.9 Å². The molecule has 0 radical (unpaired) electrons. The summed E-state index contributed by atoms with van der Waals surface area (Å²) in [5.41, 5.74) is 4.59. The lowest BCUT2D eigenvalue weighted by Crippen LogP contribution is -2.20. The third-order valence-corrected chi connectivity index (χ3v) is 2.99. The molecular weight excluding hydrogens is 275 g/mol. The van der Waals surface area contributed by atoms with Gasteiger partial charge in [0.15, 0.2) is 9.84 Å². The summed E-state index contributed by atoms with van der Waals surface area (Å²) in [5.74, 6) is -1.98. The number of primary amides is 1. The van der Waals surface area contributed by atoms with Gasteiger partial charge in [-0.15, -0.1) is 13.2 Å². The van der Waals surface area contributed by atoms with Crippen molar-refractivity contribution in [1.29, 1.82) is 0 Å². The van der Waals surface area contributed by atoms with Crippen LogP contribution in [0.2, 0.25) is 0 Å². The Morgan fingerprint density at radius 3 is 2.28 bits per heavy atom. The van der Waals surface area contributed by atoms with Crippen LogP contribution in [0.3, 0.4) is 0 Å². The number of amides is 1. The van der Waals surface area contributed by atoms with Crippen molar-refractivity contribution in [3.63, 3.8) is 0 Å². The van der Waals surface area contributed by atoms with Gasteiger partial charge in [-0.3, -0.25) is 4.79 Å². The zero-order valence-electron chi connectivity index (χ0n) is 8.98. The molecule has 0 aliphatic rings. The first-order valence-electron chi connectivity index (χ1n) is 4.40. The van der Waals surface area contributed by atoms with E-state index in [4.69, 9.17) is 5.73 Å². The van der Waals surface area contributed by atoms with Crippen LogP contribution < -0.4 is 10.5 Å². The first kappa shape index (κ1) is 14.3. The molecule has 0 spiro atoms. The number of nitrogens with two attached hydrogens (primary N) is 1. The molecule has 0 unspecified atom stereocenters. The summed E-state index contributed by atoms with van der Waals surface area (Å²) in [7, 11) is -3.93. The van der Waals surface area contributed by atoms with Crippen LogP contribution >= 0.6 is 0 Å². The summed E-state index contributed by atoms with van der Waals surface area (Å²) in [4.78, 5) is 10.1. The van der Waals surface area contributed by atoms with Gasteiger partial charge in [0.2, 0.25) is 5.91 Å². The summed E-state index contributed by atoms with van der Waals surface area (Å²) in [5, 5.41) is 0. The Bertz CT molecular complexity index is 580. The minimum Gasteiger partial charge on any atom is -0.404 e. The highest BCUT2D eigenvalue weighted by Crippen LogP contribution is 2.30. The van der Waals surface area contributed by atoms with E-state index in [9.17, 15) is 26.4 Å². The van der Waals surface area contributed by atoms with Crippen LogP contribution in [0.4, 0.5) is 13.2 Å². The lowest BCUT2D eigenvalue weighted by molar-refractivity contribution is -0.275. The first-order valence-corrected chi connectivity index (χ1v) is 6.29. The topological polar surface area (TPSA) is 86.5 Å². The van der Waals surface area contributed by atoms with Crippen LogP contribution in [0, 0.1) is 0 Å². The van der Waals surface area contributed by atoms with E-state index in [0.717, 1.165) is 18.4 Å². The summed E-state index contributed by atoms with van der Waals surface area (Å²) >= 11 is 0. The van der Waals surface area contributed by atoms with E-state index in [1.165, 1.54) is 0 Å². The maximum absolute atomic E-state index is 12.1. The predicted molar refractivity (Wildman–Crippen MR) is 54.8 cm³/mol. The van der Waals surface area contributed by atoms with E-state index >= 15 is 0 Å². The van der Waals surface area contributed by atoms with Gasteiger partial charge in [0.25, 0.3) is 0 Å². The molecule has 0 aromatic heterocycles. The molecule has 9 heteroatoms. The molecule has 5 nitrogen and oxygen atoms in total. The number of hydrogen-bond donors (Lipinski definition) is 1. The molecule has 0 aliphatic heterocycles. The Hall–Kier alpha value is -1.77. The van der Waals surface area contributed by atoms with Crippen LogP contribution in [0.25, 0.3) is 0 Å². The zero-order chi connectivity index (χ0) is 14.1. The Labute approximate surface area is 100 Å². The number of rotatable bonds is 3. The number of sulfone groups is 1. The number of carbonyl (C=O) groups excluding carboxylic acids is 1. The average Bonchev–Trinajstić information content (AvgIpc) is 2.12. The lowest BCUT2D eigenvalue weighted by atomic mass is 10.2.